The lowest BCUT2D eigenvalue weighted by Crippen LogP contribution is -2.30. The van der Waals surface area contributed by atoms with E-state index in [4.69, 9.17) is 5.73 Å². The summed E-state index contributed by atoms with van der Waals surface area (Å²) >= 11 is 0. The van der Waals surface area contributed by atoms with Crippen LogP contribution >= 0.6 is 0 Å². The number of amides is 1. The van der Waals surface area contributed by atoms with E-state index in [2.05, 4.69) is 15.4 Å². The zero-order chi connectivity index (χ0) is 18.3. The van der Waals surface area contributed by atoms with E-state index >= 15 is 0 Å². The number of rotatable bonds is 3. The molecular weight excluding hydrogens is 314 g/mol. The van der Waals surface area contributed by atoms with Crippen LogP contribution in [0.25, 0.3) is 16.8 Å². The van der Waals surface area contributed by atoms with Crippen LogP contribution in [0.2, 0.25) is 0 Å². The zero-order valence-corrected chi connectivity index (χ0v) is 15.2. The third-order valence-corrected chi connectivity index (χ3v) is 4.32. The van der Waals surface area contributed by atoms with Gasteiger partial charge in [0.25, 0.3) is 5.91 Å². The molecule has 0 aliphatic carbocycles. The van der Waals surface area contributed by atoms with Gasteiger partial charge in [-0.05, 0) is 45.7 Å². The van der Waals surface area contributed by atoms with Crippen LogP contribution in [0.5, 0.6) is 0 Å². The molecule has 0 fully saturated rings. The third kappa shape index (κ3) is 2.84. The van der Waals surface area contributed by atoms with Gasteiger partial charge in [0.2, 0.25) is 5.95 Å². The largest absolute Gasteiger partial charge is 0.367 e. The number of hydrogen-bond donors (Lipinski definition) is 2. The van der Waals surface area contributed by atoms with E-state index in [1.807, 2.05) is 58.9 Å². The van der Waals surface area contributed by atoms with Crippen molar-refractivity contribution in [3.8, 4) is 11.3 Å². The van der Waals surface area contributed by atoms with Crippen molar-refractivity contribution in [1.82, 2.24) is 19.9 Å². The molecule has 0 bridgehead atoms. The highest BCUT2D eigenvalue weighted by molar-refractivity contribution is 6.01. The number of fused-ring (bicyclic) bond motifs is 1. The maximum Gasteiger partial charge on any atom is 0.253 e. The van der Waals surface area contributed by atoms with E-state index in [0.29, 0.717) is 5.56 Å². The van der Waals surface area contributed by atoms with Crippen LogP contribution in [0, 0.1) is 20.8 Å². The monoisotopic (exact) mass is 337 g/mol. The number of nitrogens with zero attached hydrogens (tertiary/aromatic N) is 3. The van der Waals surface area contributed by atoms with Crippen molar-refractivity contribution in [2.75, 3.05) is 5.73 Å². The molecule has 0 atom stereocenters. The minimum absolute atomic E-state index is 0.0568. The van der Waals surface area contributed by atoms with Crippen LogP contribution in [-0.4, -0.2) is 26.5 Å². The number of aromatic nitrogens is 3. The van der Waals surface area contributed by atoms with Gasteiger partial charge >= 0.3 is 0 Å². The Bertz CT molecular complexity index is 972. The van der Waals surface area contributed by atoms with Crippen LogP contribution in [0.3, 0.4) is 0 Å². The second kappa shape index (κ2) is 6.20. The molecule has 0 radical (unpaired) electrons. The van der Waals surface area contributed by atoms with E-state index in [0.717, 1.165) is 33.6 Å². The SMILES string of the molecule is Cc1ccccc1-c1nc(N)nn2c(C)c(C(=O)NC(C)C)c(C)c12. The molecule has 130 valence electrons. The van der Waals surface area contributed by atoms with Gasteiger partial charge in [-0.3, -0.25) is 4.79 Å². The molecule has 3 aromatic rings. The molecule has 1 aromatic carbocycles. The van der Waals surface area contributed by atoms with E-state index in [-0.39, 0.29) is 17.9 Å². The summed E-state index contributed by atoms with van der Waals surface area (Å²) in [6, 6.07) is 8.04. The molecule has 0 aliphatic rings. The first kappa shape index (κ1) is 17.0. The van der Waals surface area contributed by atoms with Crippen molar-refractivity contribution >= 4 is 17.4 Å². The third-order valence-electron chi connectivity index (χ3n) is 4.32. The summed E-state index contributed by atoms with van der Waals surface area (Å²) in [4.78, 5) is 17.1. The number of carbonyl (C=O) groups excluding carboxylic acids is 1. The number of aryl methyl sites for hydroxylation is 3. The van der Waals surface area contributed by atoms with Gasteiger partial charge in [-0.2, -0.15) is 0 Å². The number of nitrogens with two attached hydrogens (primary N) is 1. The molecule has 25 heavy (non-hydrogen) atoms. The topological polar surface area (TPSA) is 85.3 Å². The Kier molecular flexibility index (Phi) is 4.20. The standard InChI is InChI=1S/C19H23N5O/c1-10(2)21-18(25)15-12(4)17-16(14-9-7-6-8-11(14)3)22-19(20)23-24(17)13(15)5/h6-10H,1-5H3,(H2,20,23)(H,21,25). The Hall–Kier alpha value is -2.89. The molecule has 3 rings (SSSR count). The lowest BCUT2D eigenvalue weighted by molar-refractivity contribution is 0.0942. The number of carbonyl (C=O) groups is 1. The van der Waals surface area contributed by atoms with Crippen LogP contribution in [0.15, 0.2) is 24.3 Å². The summed E-state index contributed by atoms with van der Waals surface area (Å²) in [5, 5.41) is 7.29. The number of anilines is 1. The molecule has 1 amide bonds. The van der Waals surface area contributed by atoms with Crippen molar-refractivity contribution < 1.29 is 4.79 Å². The van der Waals surface area contributed by atoms with Crippen LogP contribution < -0.4 is 11.1 Å². The highest BCUT2D eigenvalue weighted by Gasteiger charge is 2.24. The van der Waals surface area contributed by atoms with Gasteiger partial charge in [0.05, 0.1) is 16.8 Å². The molecular formula is C19H23N5O. The molecule has 2 aromatic heterocycles. The van der Waals surface area contributed by atoms with Gasteiger partial charge < -0.3 is 11.1 Å². The van der Waals surface area contributed by atoms with Gasteiger partial charge in [0.15, 0.2) is 0 Å². The van der Waals surface area contributed by atoms with Gasteiger partial charge in [-0.25, -0.2) is 9.50 Å². The molecule has 0 saturated carbocycles. The second-order valence-corrected chi connectivity index (χ2v) is 6.61. The molecule has 2 heterocycles. The first-order chi connectivity index (χ1) is 11.8. The minimum Gasteiger partial charge on any atom is -0.367 e. The summed E-state index contributed by atoms with van der Waals surface area (Å²) in [5.41, 5.74) is 11.8. The Morgan fingerprint density at radius 2 is 1.88 bits per heavy atom. The maximum atomic E-state index is 12.7. The Labute approximate surface area is 147 Å². The summed E-state index contributed by atoms with van der Waals surface area (Å²) in [7, 11) is 0. The Balaban J connectivity index is 2.34. The predicted molar refractivity (Wildman–Crippen MR) is 99.6 cm³/mol. The first-order valence-electron chi connectivity index (χ1n) is 8.33. The normalized spacial score (nSPS) is 11.3. The van der Waals surface area contributed by atoms with Crippen molar-refractivity contribution in [2.24, 2.45) is 0 Å². The van der Waals surface area contributed by atoms with Gasteiger partial charge in [0, 0.05) is 11.6 Å². The Morgan fingerprint density at radius 3 is 2.52 bits per heavy atom. The zero-order valence-electron chi connectivity index (χ0n) is 15.2. The minimum atomic E-state index is -0.107. The smallest absolute Gasteiger partial charge is 0.253 e. The van der Waals surface area contributed by atoms with Crippen molar-refractivity contribution in [2.45, 2.75) is 40.7 Å². The van der Waals surface area contributed by atoms with Crippen LogP contribution in [0.1, 0.15) is 41.0 Å². The second-order valence-electron chi connectivity index (χ2n) is 6.61. The molecule has 0 aliphatic heterocycles. The fourth-order valence-corrected chi connectivity index (χ4v) is 3.21. The van der Waals surface area contributed by atoms with Crippen molar-refractivity contribution in [1.29, 1.82) is 0 Å². The molecule has 0 unspecified atom stereocenters. The highest BCUT2D eigenvalue weighted by Crippen LogP contribution is 2.32. The van der Waals surface area contributed by atoms with E-state index < -0.39 is 0 Å². The fourth-order valence-electron chi connectivity index (χ4n) is 3.21. The quantitative estimate of drug-likeness (QED) is 0.769. The average molecular weight is 337 g/mol. The first-order valence-corrected chi connectivity index (χ1v) is 8.33. The molecule has 6 nitrogen and oxygen atoms in total. The van der Waals surface area contributed by atoms with E-state index in [1.54, 1.807) is 4.52 Å². The van der Waals surface area contributed by atoms with Gasteiger partial charge in [0.1, 0.15) is 5.69 Å². The number of benzene rings is 1. The summed E-state index contributed by atoms with van der Waals surface area (Å²) in [6.07, 6.45) is 0. The number of nitrogen functional groups attached to an aromatic ring is 1. The lowest BCUT2D eigenvalue weighted by atomic mass is 10.0. The molecule has 0 saturated heterocycles. The number of nitrogens with one attached hydrogen (secondary N) is 1. The summed E-state index contributed by atoms with van der Waals surface area (Å²) < 4.78 is 1.73. The van der Waals surface area contributed by atoms with Gasteiger partial charge in [-0.1, -0.05) is 24.3 Å². The molecule has 0 spiro atoms. The predicted octanol–water partition coefficient (Wildman–Crippen LogP) is 3.04. The Morgan fingerprint density at radius 1 is 1.20 bits per heavy atom. The van der Waals surface area contributed by atoms with E-state index in [1.165, 1.54) is 0 Å². The highest BCUT2D eigenvalue weighted by atomic mass is 16.1. The lowest BCUT2D eigenvalue weighted by Gasteiger charge is -2.09. The molecule has 3 N–H and O–H groups in total. The molecule has 6 heteroatoms. The van der Waals surface area contributed by atoms with E-state index in [9.17, 15) is 4.79 Å². The summed E-state index contributed by atoms with van der Waals surface area (Å²) in [5.74, 6) is 0.0736. The maximum absolute atomic E-state index is 12.7. The average Bonchev–Trinajstić information content (AvgIpc) is 2.77. The van der Waals surface area contributed by atoms with Crippen molar-refractivity contribution in [3.05, 3.63) is 46.6 Å². The fraction of sp³-hybridized carbons (Fsp3) is 0.316. The van der Waals surface area contributed by atoms with Gasteiger partial charge in [-0.15, -0.1) is 5.10 Å². The number of hydrogen-bond acceptors (Lipinski definition) is 4. The van der Waals surface area contributed by atoms with Crippen LogP contribution in [-0.2, 0) is 0 Å². The summed E-state index contributed by atoms with van der Waals surface area (Å²) in [6.45, 7) is 9.72. The van der Waals surface area contributed by atoms with Crippen molar-refractivity contribution in [3.63, 3.8) is 0 Å². The van der Waals surface area contributed by atoms with Crippen LogP contribution in [0.4, 0.5) is 5.95 Å².